The molecule has 2 rings (SSSR count). The van der Waals surface area contributed by atoms with Crippen molar-refractivity contribution in [2.45, 2.75) is 0 Å². The highest BCUT2D eigenvalue weighted by atomic mass is 16.5. The standard InChI is InChI=1S/C12H15N3O2/c1-15-9(7-12(13)14-15)8-4-5-10(16-2)11(6-8)17-3/h4-7H,1-3H3,(H2,13,14). The van der Waals surface area contributed by atoms with E-state index in [1.165, 1.54) is 0 Å². The van der Waals surface area contributed by atoms with Crippen LogP contribution in [0.3, 0.4) is 0 Å². The van der Waals surface area contributed by atoms with Crippen molar-refractivity contribution in [1.29, 1.82) is 0 Å². The maximum absolute atomic E-state index is 5.66. The van der Waals surface area contributed by atoms with Crippen molar-refractivity contribution in [3.05, 3.63) is 24.3 Å². The minimum absolute atomic E-state index is 0.497. The second-order valence-corrected chi connectivity index (χ2v) is 3.65. The molecule has 0 bridgehead atoms. The van der Waals surface area contributed by atoms with Crippen LogP contribution < -0.4 is 15.2 Å². The van der Waals surface area contributed by atoms with Gasteiger partial charge in [0, 0.05) is 18.7 Å². The largest absolute Gasteiger partial charge is 0.493 e. The summed E-state index contributed by atoms with van der Waals surface area (Å²) in [7, 11) is 5.07. The van der Waals surface area contributed by atoms with Gasteiger partial charge in [-0.05, 0) is 18.2 Å². The van der Waals surface area contributed by atoms with E-state index in [1.807, 2.05) is 31.3 Å². The Hall–Kier alpha value is -2.17. The first kappa shape index (κ1) is 11.3. The van der Waals surface area contributed by atoms with Gasteiger partial charge in [0.25, 0.3) is 0 Å². The maximum Gasteiger partial charge on any atom is 0.161 e. The second-order valence-electron chi connectivity index (χ2n) is 3.65. The van der Waals surface area contributed by atoms with E-state index in [4.69, 9.17) is 15.2 Å². The normalized spacial score (nSPS) is 10.3. The van der Waals surface area contributed by atoms with Crippen LogP contribution >= 0.6 is 0 Å². The third kappa shape index (κ3) is 2.04. The Morgan fingerprint density at radius 2 is 1.82 bits per heavy atom. The Morgan fingerprint density at radius 3 is 2.35 bits per heavy atom. The van der Waals surface area contributed by atoms with Crippen molar-refractivity contribution in [2.24, 2.45) is 7.05 Å². The van der Waals surface area contributed by atoms with Gasteiger partial charge in [-0.25, -0.2) is 0 Å². The van der Waals surface area contributed by atoms with Gasteiger partial charge in [-0.2, -0.15) is 5.10 Å². The molecule has 5 nitrogen and oxygen atoms in total. The summed E-state index contributed by atoms with van der Waals surface area (Å²) in [6.07, 6.45) is 0. The van der Waals surface area contributed by atoms with Crippen LogP contribution in [0.4, 0.5) is 5.82 Å². The Kier molecular flexibility index (Phi) is 2.91. The highest BCUT2D eigenvalue weighted by molar-refractivity contribution is 5.66. The van der Waals surface area contributed by atoms with Crippen molar-refractivity contribution < 1.29 is 9.47 Å². The molecule has 0 atom stereocenters. The number of methoxy groups -OCH3 is 2. The van der Waals surface area contributed by atoms with E-state index < -0.39 is 0 Å². The van der Waals surface area contributed by atoms with Gasteiger partial charge in [0.05, 0.1) is 19.9 Å². The van der Waals surface area contributed by atoms with Gasteiger partial charge in [0.1, 0.15) is 5.82 Å². The summed E-state index contributed by atoms with van der Waals surface area (Å²) in [4.78, 5) is 0. The number of hydrogen-bond donors (Lipinski definition) is 1. The Morgan fingerprint density at radius 1 is 1.12 bits per heavy atom. The monoisotopic (exact) mass is 233 g/mol. The molecule has 0 fully saturated rings. The van der Waals surface area contributed by atoms with Gasteiger partial charge in [-0.1, -0.05) is 0 Å². The number of nitrogens with zero attached hydrogens (tertiary/aromatic N) is 2. The summed E-state index contributed by atoms with van der Waals surface area (Å²) in [5.41, 5.74) is 7.57. The number of aryl methyl sites for hydroxylation is 1. The average Bonchev–Trinajstić information content (AvgIpc) is 2.67. The minimum Gasteiger partial charge on any atom is -0.493 e. The van der Waals surface area contributed by atoms with Crippen molar-refractivity contribution >= 4 is 5.82 Å². The molecule has 17 heavy (non-hydrogen) atoms. The van der Waals surface area contributed by atoms with E-state index in [1.54, 1.807) is 18.9 Å². The Bertz CT molecular complexity index is 535. The van der Waals surface area contributed by atoms with Gasteiger partial charge in [-0.15, -0.1) is 0 Å². The molecule has 2 N–H and O–H groups in total. The Labute approximate surface area is 99.8 Å². The first-order valence-corrected chi connectivity index (χ1v) is 5.17. The van der Waals surface area contributed by atoms with E-state index >= 15 is 0 Å². The molecule has 1 aromatic heterocycles. The van der Waals surface area contributed by atoms with Crippen LogP contribution in [0.5, 0.6) is 11.5 Å². The fraction of sp³-hybridized carbons (Fsp3) is 0.250. The van der Waals surface area contributed by atoms with Crippen LogP contribution in [0, 0.1) is 0 Å². The SMILES string of the molecule is COc1ccc(-c2cc(N)nn2C)cc1OC. The first-order chi connectivity index (χ1) is 8.15. The predicted molar refractivity (Wildman–Crippen MR) is 66.2 cm³/mol. The van der Waals surface area contributed by atoms with Crippen LogP contribution in [0.25, 0.3) is 11.3 Å². The number of benzene rings is 1. The van der Waals surface area contributed by atoms with Crippen molar-refractivity contribution in [2.75, 3.05) is 20.0 Å². The predicted octanol–water partition coefficient (Wildman–Crippen LogP) is 1.69. The first-order valence-electron chi connectivity index (χ1n) is 5.17. The molecule has 1 heterocycles. The lowest BCUT2D eigenvalue weighted by atomic mass is 10.1. The molecule has 2 aromatic rings. The van der Waals surface area contributed by atoms with Crippen molar-refractivity contribution in [1.82, 2.24) is 9.78 Å². The highest BCUT2D eigenvalue weighted by Gasteiger charge is 2.09. The second kappa shape index (κ2) is 4.37. The summed E-state index contributed by atoms with van der Waals surface area (Å²) in [5.74, 6) is 1.88. The zero-order chi connectivity index (χ0) is 12.4. The zero-order valence-electron chi connectivity index (χ0n) is 10.1. The third-order valence-corrected chi connectivity index (χ3v) is 2.58. The number of ether oxygens (including phenoxy) is 2. The number of hydrogen-bond acceptors (Lipinski definition) is 4. The molecule has 1 aromatic carbocycles. The smallest absolute Gasteiger partial charge is 0.161 e. The van der Waals surface area contributed by atoms with Gasteiger partial charge in [-0.3, -0.25) is 4.68 Å². The average molecular weight is 233 g/mol. The van der Waals surface area contributed by atoms with E-state index in [0.717, 1.165) is 11.3 Å². The minimum atomic E-state index is 0.497. The number of nitrogen functional groups attached to an aromatic ring is 1. The van der Waals surface area contributed by atoms with Crippen molar-refractivity contribution in [3.63, 3.8) is 0 Å². The topological polar surface area (TPSA) is 62.3 Å². The number of rotatable bonds is 3. The molecule has 0 saturated carbocycles. The fourth-order valence-electron chi connectivity index (χ4n) is 1.76. The molecule has 0 unspecified atom stereocenters. The van der Waals surface area contributed by atoms with Crippen LogP contribution in [0.2, 0.25) is 0 Å². The summed E-state index contributed by atoms with van der Waals surface area (Å²) in [5, 5.41) is 4.11. The van der Waals surface area contributed by atoms with Crippen LogP contribution in [-0.2, 0) is 7.05 Å². The fourth-order valence-corrected chi connectivity index (χ4v) is 1.76. The van der Waals surface area contributed by atoms with Crippen molar-refractivity contribution in [3.8, 4) is 22.8 Å². The molecule has 5 heteroatoms. The summed E-state index contributed by atoms with van der Waals surface area (Å²) in [6, 6.07) is 7.52. The molecular formula is C12H15N3O2. The molecule has 0 aliphatic carbocycles. The van der Waals surface area contributed by atoms with E-state index in [-0.39, 0.29) is 0 Å². The number of anilines is 1. The number of aromatic nitrogens is 2. The molecule has 0 saturated heterocycles. The number of nitrogens with two attached hydrogens (primary N) is 1. The van der Waals surface area contributed by atoms with Gasteiger partial charge < -0.3 is 15.2 Å². The summed E-state index contributed by atoms with van der Waals surface area (Å²) in [6.45, 7) is 0. The quantitative estimate of drug-likeness (QED) is 0.876. The molecular weight excluding hydrogens is 218 g/mol. The van der Waals surface area contributed by atoms with Gasteiger partial charge in [0.2, 0.25) is 0 Å². The van der Waals surface area contributed by atoms with Crippen LogP contribution in [-0.4, -0.2) is 24.0 Å². The lowest BCUT2D eigenvalue weighted by Gasteiger charge is -2.09. The lowest BCUT2D eigenvalue weighted by Crippen LogP contribution is -1.96. The highest BCUT2D eigenvalue weighted by Crippen LogP contribution is 2.32. The zero-order valence-corrected chi connectivity index (χ0v) is 10.1. The van der Waals surface area contributed by atoms with E-state index in [0.29, 0.717) is 17.3 Å². The molecule has 0 spiro atoms. The molecule has 0 aliphatic heterocycles. The van der Waals surface area contributed by atoms with Crippen LogP contribution in [0.1, 0.15) is 0 Å². The Balaban J connectivity index is 2.50. The van der Waals surface area contributed by atoms with Gasteiger partial charge >= 0.3 is 0 Å². The van der Waals surface area contributed by atoms with E-state index in [9.17, 15) is 0 Å². The van der Waals surface area contributed by atoms with E-state index in [2.05, 4.69) is 5.10 Å². The lowest BCUT2D eigenvalue weighted by molar-refractivity contribution is 0.355. The molecule has 0 aliphatic rings. The molecule has 90 valence electrons. The third-order valence-electron chi connectivity index (χ3n) is 2.58. The van der Waals surface area contributed by atoms with Gasteiger partial charge in [0.15, 0.2) is 11.5 Å². The molecule has 0 amide bonds. The summed E-state index contributed by atoms with van der Waals surface area (Å²) < 4.78 is 12.2. The van der Waals surface area contributed by atoms with Crippen LogP contribution in [0.15, 0.2) is 24.3 Å². The molecule has 0 radical (unpaired) electrons. The summed E-state index contributed by atoms with van der Waals surface area (Å²) >= 11 is 0. The maximum atomic E-state index is 5.66.